The number of hydrogen-bond acceptors (Lipinski definition) is 4. The summed E-state index contributed by atoms with van der Waals surface area (Å²) in [6, 6.07) is 0.0774. The number of nitrogens with one attached hydrogen (secondary N) is 2. The minimum atomic E-state index is -0.454. The van der Waals surface area contributed by atoms with Crippen LogP contribution in [0.15, 0.2) is 0 Å². The molecular formula is C11H23N3O2. The number of ether oxygens (including phenoxy) is 1. The third-order valence-corrected chi connectivity index (χ3v) is 2.63. The molecule has 0 unspecified atom stereocenters. The molecule has 0 radical (unpaired) electrons. The van der Waals surface area contributed by atoms with Gasteiger partial charge in [0.2, 0.25) is 0 Å². The summed E-state index contributed by atoms with van der Waals surface area (Å²) in [5.41, 5.74) is 5.22. The van der Waals surface area contributed by atoms with Crippen molar-refractivity contribution in [3.63, 3.8) is 0 Å². The highest BCUT2D eigenvalue weighted by molar-refractivity contribution is 5.68. The van der Waals surface area contributed by atoms with E-state index < -0.39 is 5.60 Å². The smallest absolute Gasteiger partial charge is 0.407 e. The van der Waals surface area contributed by atoms with Crippen LogP contribution in [-0.2, 0) is 4.74 Å². The highest BCUT2D eigenvalue weighted by Gasteiger charge is 2.27. The van der Waals surface area contributed by atoms with Crippen molar-refractivity contribution in [2.45, 2.75) is 38.8 Å². The molecule has 1 heterocycles. The molecule has 0 spiro atoms. The van der Waals surface area contributed by atoms with Gasteiger partial charge in [0.25, 0.3) is 0 Å². The number of carbonyl (C=O) groups is 1. The van der Waals surface area contributed by atoms with Crippen LogP contribution in [0.1, 0.15) is 27.2 Å². The molecule has 1 saturated heterocycles. The summed E-state index contributed by atoms with van der Waals surface area (Å²) in [5, 5.41) is 6.11. The fourth-order valence-corrected chi connectivity index (χ4v) is 1.82. The van der Waals surface area contributed by atoms with Crippen LogP contribution in [0.5, 0.6) is 0 Å². The predicted octanol–water partition coefficient (Wildman–Crippen LogP) is 0.448. The molecule has 1 rings (SSSR count). The van der Waals surface area contributed by atoms with Gasteiger partial charge in [0.05, 0.1) is 0 Å². The Balaban J connectivity index is 2.42. The van der Waals surface area contributed by atoms with Gasteiger partial charge in [-0.3, -0.25) is 0 Å². The van der Waals surface area contributed by atoms with Crippen molar-refractivity contribution in [1.29, 1.82) is 0 Å². The SMILES string of the molecule is CC(C)(C)OC(=O)N[C@@H]1CNCC[C@@H]1CN. The molecule has 1 fully saturated rings. The molecule has 0 saturated carbocycles. The third-order valence-electron chi connectivity index (χ3n) is 2.63. The Kier molecular flexibility index (Phi) is 4.56. The fourth-order valence-electron chi connectivity index (χ4n) is 1.82. The van der Waals surface area contributed by atoms with Crippen molar-refractivity contribution in [2.75, 3.05) is 19.6 Å². The van der Waals surface area contributed by atoms with Gasteiger partial charge in [-0.1, -0.05) is 0 Å². The molecule has 0 aromatic heterocycles. The first-order valence-electron chi connectivity index (χ1n) is 5.82. The zero-order valence-electron chi connectivity index (χ0n) is 10.4. The van der Waals surface area contributed by atoms with Gasteiger partial charge in [-0.25, -0.2) is 4.79 Å². The molecule has 94 valence electrons. The van der Waals surface area contributed by atoms with Crippen molar-refractivity contribution in [1.82, 2.24) is 10.6 Å². The number of carbonyl (C=O) groups excluding carboxylic acids is 1. The van der Waals surface area contributed by atoms with E-state index in [9.17, 15) is 4.79 Å². The van der Waals surface area contributed by atoms with Gasteiger partial charge in [0, 0.05) is 12.6 Å². The highest BCUT2D eigenvalue weighted by Crippen LogP contribution is 2.12. The first-order valence-corrected chi connectivity index (χ1v) is 5.82. The van der Waals surface area contributed by atoms with Crippen LogP contribution in [0, 0.1) is 5.92 Å². The summed E-state index contributed by atoms with van der Waals surface area (Å²) >= 11 is 0. The van der Waals surface area contributed by atoms with E-state index in [-0.39, 0.29) is 12.1 Å². The molecule has 5 heteroatoms. The molecule has 0 aromatic carbocycles. The van der Waals surface area contributed by atoms with E-state index in [1.54, 1.807) is 0 Å². The number of alkyl carbamates (subject to hydrolysis) is 1. The number of amides is 1. The van der Waals surface area contributed by atoms with Gasteiger partial charge in [-0.15, -0.1) is 0 Å². The summed E-state index contributed by atoms with van der Waals surface area (Å²) in [5.74, 6) is 0.341. The molecule has 1 amide bonds. The number of piperidine rings is 1. The average Bonchev–Trinajstić information content (AvgIpc) is 2.15. The Hall–Kier alpha value is -0.810. The lowest BCUT2D eigenvalue weighted by atomic mass is 9.93. The lowest BCUT2D eigenvalue weighted by molar-refractivity contribution is 0.0477. The molecule has 0 aromatic rings. The summed E-state index contributed by atoms with van der Waals surface area (Å²) < 4.78 is 5.21. The summed E-state index contributed by atoms with van der Waals surface area (Å²) in [6.07, 6.45) is 0.636. The average molecular weight is 229 g/mol. The maximum absolute atomic E-state index is 11.6. The van der Waals surface area contributed by atoms with Crippen LogP contribution in [0.3, 0.4) is 0 Å². The van der Waals surface area contributed by atoms with Crippen molar-refractivity contribution < 1.29 is 9.53 Å². The lowest BCUT2D eigenvalue weighted by Crippen LogP contribution is -2.53. The maximum Gasteiger partial charge on any atom is 0.407 e. The molecular weight excluding hydrogens is 206 g/mol. The van der Waals surface area contributed by atoms with E-state index in [1.807, 2.05) is 20.8 Å². The Morgan fingerprint density at radius 2 is 2.25 bits per heavy atom. The van der Waals surface area contributed by atoms with Crippen LogP contribution in [0.4, 0.5) is 4.79 Å². The van der Waals surface area contributed by atoms with Crippen molar-refractivity contribution in [3.8, 4) is 0 Å². The maximum atomic E-state index is 11.6. The van der Waals surface area contributed by atoms with E-state index in [1.165, 1.54) is 0 Å². The Bertz CT molecular complexity index is 238. The first-order chi connectivity index (χ1) is 7.42. The topological polar surface area (TPSA) is 76.4 Å². The van der Waals surface area contributed by atoms with E-state index >= 15 is 0 Å². The number of rotatable bonds is 2. The molecule has 0 bridgehead atoms. The zero-order valence-corrected chi connectivity index (χ0v) is 10.4. The molecule has 16 heavy (non-hydrogen) atoms. The van der Waals surface area contributed by atoms with E-state index in [0.717, 1.165) is 19.5 Å². The van der Waals surface area contributed by atoms with Gasteiger partial charge in [0.1, 0.15) is 5.60 Å². The third kappa shape index (κ3) is 4.37. The molecule has 4 N–H and O–H groups in total. The molecule has 1 aliphatic rings. The van der Waals surface area contributed by atoms with Crippen molar-refractivity contribution >= 4 is 6.09 Å². The van der Waals surface area contributed by atoms with Crippen molar-refractivity contribution in [2.24, 2.45) is 11.7 Å². The van der Waals surface area contributed by atoms with E-state index in [2.05, 4.69) is 10.6 Å². The fraction of sp³-hybridized carbons (Fsp3) is 0.909. The normalized spacial score (nSPS) is 26.2. The minimum absolute atomic E-state index is 0.0774. The Morgan fingerprint density at radius 1 is 1.56 bits per heavy atom. The number of nitrogens with two attached hydrogens (primary N) is 1. The van der Waals surface area contributed by atoms with Gasteiger partial charge >= 0.3 is 6.09 Å². The molecule has 1 aliphatic heterocycles. The summed E-state index contributed by atoms with van der Waals surface area (Å²) in [7, 11) is 0. The van der Waals surface area contributed by atoms with Crippen LogP contribution in [-0.4, -0.2) is 37.4 Å². The summed E-state index contributed by atoms with van der Waals surface area (Å²) in [4.78, 5) is 11.6. The van der Waals surface area contributed by atoms with Crippen LogP contribution in [0.25, 0.3) is 0 Å². The molecule has 2 atom stereocenters. The second kappa shape index (κ2) is 5.50. The second-order valence-electron chi connectivity index (χ2n) is 5.24. The van der Waals surface area contributed by atoms with Crippen LogP contribution < -0.4 is 16.4 Å². The van der Waals surface area contributed by atoms with Crippen LogP contribution in [0.2, 0.25) is 0 Å². The van der Waals surface area contributed by atoms with Gasteiger partial charge in [0.15, 0.2) is 0 Å². The van der Waals surface area contributed by atoms with E-state index in [4.69, 9.17) is 10.5 Å². The zero-order chi connectivity index (χ0) is 12.2. The van der Waals surface area contributed by atoms with E-state index in [0.29, 0.717) is 12.5 Å². The Morgan fingerprint density at radius 3 is 2.81 bits per heavy atom. The van der Waals surface area contributed by atoms with Crippen LogP contribution >= 0.6 is 0 Å². The molecule has 0 aliphatic carbocycles. The van der Waals surface area contributed by atoms with Crippen molar-refractivity contribution in [3.05, 3.63) is 0 Å². The monoisotopic (exact) mass is 229 g/mol. The quantitative estimate of drug-likeness (QED) is 0.642. The minimum Gasteiger partial charge on any atom is -0.444 e. The van der Waals surface area contributed by atoms with Gasteiger partial charge in [-0.2, -0.15) is 0 Å². The lowest BCUT2D eigenvalue weighted by Gasteiger charge is -2.32. The van der Waals surface area contributed by atoms with Gasteiger partial charge in [-0.05, 0) is 46.2 Å². The Labute approximate surface area is 97.1 Å². The number of hydrogen-bond donors (Lipinski definition) is 3. The standard InChI is InChI=1S/C11H23N3O2/c1-11(2,3)16-10(15)14-9-7-13-5-4-8(9)6-12/h8-9,13H,4-7,12H2,1-3H3,(H,14,15)/t8-,9-/m1/s1. The second-order valence-corrected chi connectivity index (χ2v) is 5.24. The first kappa shape index (κ1) is 13.3. The predicted molar refractivity (Wildman–Crippen MR) is 63.2 cm³/mol. The summed E-state index contributed by atoms with van der Waals surface area (Å²) in [6.45, 7) is 7.89. The highest BCUT2D eigenvalue weighted by atomic mass is 16.6. The van der Waals surface area contributed by atoms with Gasteiger partial charge < -0.3 is 21.1 Å². The molecule has 5 nitrogen and oxygen atoms in total. The largest absolute Gasteiger partial charge is 0.444 e.